The summed E-state index contributed by atoms with van der Waals surface area (Å²) in [5.74, 6) is -0.383. The lowest BCUT2D eigenvalue weighted by molar-refractivity contribution is -0.332. The van der Waals surface area contributed by atoms with Gasteiger partial charge in [-0.3, -0.25) is 4.79 Å². The van der Waals surface area contributed by atoms with Gasteiger partial charge in [0, 0.05) is 13.0 Å². The molecule has 0 bridgehead atoms. The van der Waals surface area contributed by atoms with Crippen LogP contribution < -0.4 is 0 Å². The fraction of sp³-hybridized carbons (Fsp3) is 0.891. The molecule has 0 aromatic rings. The molecule has 2 aliphatic heterocycles. The highest BCUT2D eigenvalue weighted by molar-refractivity contribution is 5.69. The van der Waals surface area contributed by atoms with Crippen molar-refractivity contribution in [1.82, 2.24) is 0 Å². The van der Waals surface area contributed by atoms with Crippen LogP contribution in [0.1, 0.15) is 264 Å². The van der Waals surface area contributed by atoms with E-state index in [0.717, 1.165) is 70.6 Å². The van der Waals surface area contributed by atoms with Crippen molar-refractivity contribution in [2.24, 2.45) is 0 Å². The van der Waals surface area contributed by atoms with E-state index in [1.54, 1.807) is 0 Å². The van der Waals surface area contributed by atoms with E-state index in [-0.39, 0.29) is 25.6 Å². The predicted molar refractivity (Wildman–Crippen MR) is 312 cm³/mol. The molecule has 0 spiro atoms. The van der Waals surface area contributed by atoms with Gasteiger partial charge in [-0.2, -0.15) is 0 Å². The molecule has 2 aliphatic rings. The lowest BCUT2D eigenvalue weighted by Crippen LogP contribution is -2.61. The van der Waals surface area contributed by atoms with Gasteiger partial charge in [-0.25, -0.2) is 0 Å². The van der Waals surface area contributed by atoms with Crippen LogP contribution in [0, 0.1) is 0 Å². The summed E-state index contributed by atoms with van der Waals surface area (Å²) in [6, 6.07) is 0. The van der Waals surface area contributed by atoms with E-state index in [1.807, 2.05) is 0 Å². The molecule has 2 fully saturated rings. The van der Waals surface area contributed by atoms with E-state index in [2.05, 4.69) is 50.3 Å². The van der Waals surface area contributed by atoms with Crippen molar-refractivity contribution in [3.05, 3.63) is 36.5 Å². The summed E-state index contributed by atoms with van der Waals surface area (Å²) in [7, 11) is 0. The normalized spacial score (nSPS) is 24.3. The van der Waals surface area contributed by atoms with E-state index in [9.17, 15) is 40.5 Å². The minimum Gasteiger partial charge on any atom is -0.457 e. The molecule has 0 amide bonds. The number of carbonyl (C=O) groups excluding carboxylic acids is 1. The number of ether oxygens (including phenoxy) is 6. The van der Waals surface area contributed by atoms with Gasteiger partial charge in [0.2, 0.25) is 0 Å². The summed E-state index contributed by atoms with van der Waals surface area (Å²) in [5.41, 5.74) is 0. The van der Waals surface area contributed by atoms with Crippen molar-refractivity contribution in [3.63, 3.8) is 0 Å². The minimum absolute atomic E-state index is 0.0596. The quantitative estimate of drug-likeness (QED) is 0.0172. The van der Waals surface area contributed by atoms with Crippen molar-refractivity contribution in [3.8, 4) is 0 Å². The van der Waals surface area contributed by atoms with Crippen LogP contribution in [0.2, 0.25) is 0 Å². The first kappa shape index (κ1) is 72.3. The topological polar surface area (TPSA) is 214 Å². The molecule has 0 aromatic carbocycles. The van der Waals surface area contributed by atoms with E-state index in [0.29, 0.717) is 13.0 Å². The summed E-state index contributed by atoms with van der Waals surface area (Å²) < 4.78 is 34.5. The van der Waals surface area contributed by atoms with Crippen LogP contribution in [-0.2, 0) is 33.2 Å². The smallest absolute Gasteiger partial charge is 0.306 e. The molecule has 0 aromatic heterocycles. The van der Waals surface area contributed by atoms with Gasteiger partial charge in [-0.15, -0.1) is 0 Å². The summed E-state index contributed by atoms with van der Waals surface area (Å²) in [5, 5.41) is 72.5. The van der Waals surface area contributed by atoms with Crippen LogP contribution >= 0.6 is 0 Å². The van der Waals surface area contributed by atoms with Crippen LogP contribution in [0.3, 0.4) is 0 Å². The lowest BCUT2D eigenvalue weighted by atomic mass is 9.98. The molecule has 0 aliphatic carbocycles. The Bertz CT molecular complexity index is 1430. The molecule has 458 valence electrons. The number of unbranched alkanes of at least 4 members (excludes halogenated alkanes) is 33. The average molecular weight is 1110 g/mol. The molecule has 78 heavy (non-hydrogen) atoms. The molecule has 0 saturated carbocycles. The Kier molecular flexibility index (Phi) is 47.2. The maximum Gasteiger partial charge on any atom is 0.306 e. The average Bonchev–Trinajstić information content (AvgIpc) is 3.45. The Balaban J connectivity index is 1.68. The minimum atomic E-state index is -1.71. The zero-order valence-corrected chi connectivity index (χ0v) is 49.4. The van der Waals surface area contributed by atoms with Gasteiger partial charge in [-0.05, 0) is 51.4 Å². The fourth-order valence-electron chi connectivity index (χ4n) is 10.2. The first-order valence-corrected chi connectivity index (χ1v) is 32.1. The van der Waals surface area contributed by atoms with Crippen LogP contribution in [0.15, 0.2) is 36.5 Å². The van der Waals surface area contributed by atoms with E-state index >= 15 is 0 Å². The van der Waals surface area contributed by atoms with Crippen molar-refractivity contribution in [2.75, 3.05) is 33.0 Å². The van der Waals surface area contributed by atoms with Gasteiger partial charge >= 0.3 is 5.97 Å². The number of esters is 1. The van der Waals surface area contributed by atoms with Gasteiger partial charge in [0.15, 0.2) is 12.6 Å². The van der Waals surface area contributed by atoms with Gasteiger partial charge in [0.1, 0.15) is 54.9 Å². The standard InChI is InChI=1S/C64H118O14/c1-3-5-7-9-11-13-15-17-19-21-23-25-26-28-30-32-34-36-38-40-42-44-46-48-73-50-53(51-74-63-62(72)60(70)58(68)55(78-63)52-75-64-61(71)59(69)57(67)54(49-65)77-64)76-56(66)47-45-43-41-39-37-35-33-31-29-27-24-22-20-18-16-14-12-10-8-6-4-2/h16,18,22,24,29,31,53-55,57-65,67-72H,3-15,17,19-21,23,25-28,30,32-52H2,1-2H3/b18-16-,24-22-,31-29-. The maximum atomic E-state index is 13.1. The second-order valence-electron chi connectivity index (χ2n) is 22.6. The Labute approximate surface area is 474 Å². The molecule has 7 N–H and O–H groups in total. The van der Waals surface area contributed by atoms with Crippen molar-refractivity contribution in [2.45, 2.75) is 332 Å². The highest BCUT2D eigenvalue weighted by Gasteiger charge is 2.47. The third-order valence-corrected chi connectivity index (χ3v) is 15.4. The molecule has 11 atom stereocenters. The molecule has 14 nitrogen and oxygen atoms in total. The maximum absolute atomic E-state index is 13.1. The van der Waals surface area contributed by atoms with Crippen LogP contribution in [0.5, 0.6) is 0 Å². The Morgan fingerprint density at radius 3 is 1.24 bits per heavy atom. The Morgan fingerprint density at radius 2 is 0.795 bits per heavy atom. The summed E-state index contributed by atoms with van der Waals surface area (Å²) in [6.07, 6.45) is 44.9. The number of rotatable bonds is 53. The van der Waals surface area contributed by atoms with Crippen molar-refractivity contribution >= 4 is 5.97 Å². The molecule has 2 rings (SSSR count). The SMILES string of the molecule is CCCCCCC/C=C\C/C=C\C/C=C\CCCCCCCCC(=O)OC(COCCCCCCCCCCCCCCCCCCCCCCCCC)COC1OC(COC2OC(CO)C(O)C(O)C2O)C(O)C(O)C1O. The van der Waals surface area contributed by atoms with Crippen LogP contribution in [-0.4, -0.2) is 142 Å². The summed E-state index contributed by atoms with van der Waals surface area (Å²) >= 11 is 0. The van der Waals surface area contributed by atoms with Crippen molar-refractivity contribution in [1.29, 1.82) is 0 Å². The zero-order chi connectivity index (χ0) is 56.5. The van der Waals surface area contributed by atoms with Gasteiger partial charge in [0.05, 0.1) is 26.4 Å². The highest BCUT2D eigenvalue weighted by Crippen LogP contribution is 2.27. The van der Waals surface area contributed by atoms with E-state index in [1.165, 1.54) is 167 Å². The molecular formula is C64H118O14. The van der Waals surface area contributed by atoms with Gasteiger partial charge in [0.25, 0.3) is 0 Å². The first-order valence-electron chi connectivity index (χ1n) is 32.1. The Hall–Kier alpha value is -1.79. The number of hydrogen-bond donors (Lipinski definition) is 7. The molecule has 2 heterocycles. The zero-order valence-electron chi connectivity index (χ0n) is 49.4. The van der Waals surface area contributed by atoms with Crippen LogP contribution in [0.4, 0.5) is 0 Å². The molecule has 11 unspecified atom stereocenters. The Morgan fingerprint density at radius 1 is 0.423 bits per heavy atom. The molecule has 2 saturated heterocycles. The van der Waals surface area contributed by atoms with E-state index in [4.69, 9.17) is 28.4 Å². The fourth-order valence-corrected chi connectivity index (χ4v) is 10.2. The highest BCUT2D eigenvalue weighted by atomic mass is 16.7. The van der Waals surface area contributed by atoms with Crippen molar-refractivity contribution < 1.29 is 69.0 Å². The third kappa shape index (κ3) is 36.6. The van der Waals surface area contributed by atoms with E-state index < -0.39 is 80.7 Å². The van der Waals surface area contributed by atoms with Gasteiger partial charge < -0.3 is 64.2 Å². The number of carbonyl (C=O) groups is 1. The second-order valence-corrected chi connectivity index (χ2v) is 22.6. The number of hydrogen-bond acceptors (Lipinski definition) is 14. The lowest BCUT2D eigenvalue weighted by Gasteiger charge is -2.42. The number of aliphatic hydroxyl groups is 7. The van der Waals surface area contributed by atoms with Gasteiger partial charge in [-0.1, -0.05) is 243 Å². The largest absolute Gasteiger partial charge is 0.457 e. The molecular weight excluding hydrogens is 993 g/mol. The second kappa shape index (κ2) is 50.9. The summed E-state index contributed by atoms with van der Waals surface area (Å²) in [4.78, 5) is 13.1. The van der Waals surface area contributed by atoms with Crippen LogP contribution in [0.25, 0.3) is 0 Å². The number of aliphatic hydroxyl groups excluding tert-OH is 7. The first-order chi connectivity index (χ1) is 38.1. The third-order valence-electron chi connectivity index (χ3n) is 15.4. The molecule has 0 radical (unpaired) electrons. The number of allylic oxidation sites excluding steroid dienone is 6. The summed E-state index contributed by atoms with van der Waals surface area (Å²) in [6.45, 7) is 3.72. The monoisotopic (exact) mass is 1110 g/mol. The molecule has 14 heteroatoms. The predicted octanol–water partition coefficient (Wildman–Crippen LogP) is 12.5.